The van der Waals surface area contributed by atoms with Gasteiger partial charge in [-0.1, -0.05) is 0 Å². The molecule has 0 atom stereocenters. The summed E-state index contributed by atoms with van der Waals surface area (Å²) in [6.07, 6.45) is 3.03. The van der Waals surface area contributed by atoms with Gasteiger partial charge in [0, 0.05) is 18.0 Å². The first-order valence-corrected chi connectivity index (χ1v) is 7.13. The number of amides is 1. The first kappa shape index (κ1) is 18.1. The van der Waals surface area contributed by atoms with Crippen molar-refractivity contribution in [1.29, 1.82) is 0 Å². The molecule has 10 heteroatoms. The van der Waals surface area contributed by atoms with Crippen LogP contribution in [0.2, 0.25) is 0 Å². The second-order valence-electron chi connectivity index (χ2n) is 4.80. The van der Waals surface area contributed by atoms with Crippen molar-refractivity contribution in [2.24, 2.45) is 0 Å². The number of esters is 1. The molecule has 0 saturated heterocycles. The van der Waals surface area contributed by atoms with Gasteiger partial charge in [-0.15, -0.1) is 12.4 Å². The van der Waals surface area contributed by atoms with Crippen LogP contribution in [0, 0.1) is 0 Å². The van der Waals surface area contributed by atoms with Gasteiger partial charge in [-0.3, -0.25) is 14.9 Å². The van der Waals surface area contributed by atoms with Crippen molar-refractivity contribution in [2.75, 3.05) is 17.7 Å². The van der Waals surface area contributed by atoms with Crippen molar-refractivity contribution in [3.8, 4) is 0 Å². The van der Waals surface area contributed by atoms with E-state index in [2.05, 4.69) is 25.5 Å². The number of aromatic amines is 1. The van der Waals surface area contributed by atoms with E-state index in [0.717, 1.165) is 0 Å². The molecular weight excluding hydrogens is 348 g/mol. The second kappa shape index (κ2) is 7.58. The number of pyridine rings is 2. The van der Waals surface area contributed by atoms with E-state index >= 15 is 0 Å². The molecular formula is C15H15ClN6O3. The van der Waals surface area contributed by atoms with Gasteiger partial charge in [0.25, 0.3) is 5.91 Å². The molecule has 3 aromatic rings. The van der Waals surface area contributed by atoms with E-state index in [-0.39, 0.29) is 42.1 Å². The highest BCUT2D eigenvalue weighted by molar-refractivity contribution is 6.08. The summed E-state index contributed by atoms with van der Waals surface area (Å²) in [6, 6.07) is 4.64. The van der Waals surface area contributed by atoms with Crippen molar-refractivity contribution >= 4 is 47.0 Å². The van der Waals surface area contributed by atoms with E-state index in [1.165, 1.54) is 18.5 Å². The van der Waals surface area contributed by atoms with Crippen LogP contribution in [0.5, 0.6) is 0 Å². The lowest BCUT2D eigenvalue weighted by Crippen LogP contribution is -2.13. The van der Waals surface area contributed by atoms with E-state index in [1.54, 1.807) is 19.1 Å². The number of halogens is 1. The maximum atomic E-state index is 12.2. The number of nitrogens with one attached hydrogen (secondary N) is 2. The highest BCUT2D eigenvalue weighted by Crippen LogP contribution is 2.24. The van der Waals surface area contributed by atoms with Crippen LogP contribution in [0.3, 0.4) is 0 Å². The lowest BCUT2D eigenvalue weighted by atomic mass is 10.2. The highest BCUT2D eigenvalue weighted by Gasteiger charge is 2.18. The summed E-state index contributed by atoms with van der Waals surface area (Å²) >= 11 is 0. The van der Waals surface area contributed by atoms with Gasteiger partial charge in [-0.05, 0) is 25.1 Å². The molecule has 25 heavy (non-hydrogen) atoms. The Morgan fingerprint density at radius 3 is 2.72 bits per heavy atom. The van der Waals surface area contributed by atoms with Crippen molar-refractivity contribution in [3.05, 3.63) is 41.7 Å². The van der Waals surface area contributed by atoms with Crippen molar-refractivity contribution in [1.82, 2.24) is 20.2 Å². The first-order chi connectivity index (χ1) is 11.6. The normalized spacial score (nSPS) is 10.1. The smallest absolute Gasteiger partial charge is 0.341 e. The molecule has 3 heterocycles. The van der Waals surface area contributed by atoms with Crippen molar-refractivity contribution in [3.63, 3.8) is 0 Å². The van der Waals surface area contributed by atoms with Crippen LogP contribution in [0.25, 0.3) is 11.0 Å². The van der Waals surface area contributed by atoms with Crippen LogP contribution in [-0.4, -0.2) is 38.6 Å². The highest BCUT2D eigenvalue weighted by atomic mass is 35.5. The number of fused-ring (bicyclic) bond motifs is 1. The van der Waals surface area contributed by atoms with E-state index < -0.39 is 5.97 Å². The lowest BCUT2D eigenvalue weighted by molar-refractivity contribution is 0.0527. The number of nitrogen functional groups attached to an aromatic ring is 1. The Morgan fingerprint density at radius 2 is 2.04 bits per heavy atom. The van der Waals surface area contributed by atoms with E-state index in [9.17, 15) is 9.59 Å². The van der Waals surface area contributed by atoms with Crippen molar-refractivity contribution in [2.45, 2.75) is 6.92 Å². The molecule has 130 valence electrons. The minimum Gasteiger partial charge on any atom is -0.462 e. The molecule has 0 fully saturated rings. The fourth-order valence-corrected chi connectivity index (χ4v) is 2.11. The molecule has 0 spiro atoms. The third-order valence-corrected chi connectivity index (χ3v) is 3.25. The monoisotopic (exact) mass is 362 g/mol. The Bertz CT molecular complexity index is 912. The second-order valence-corrected chi connectivity index (χ2v) is 4.80. The predicted octanol–water partition coefficient (Wildman–Crippen LogP) is 1.79. The van der Waals surface area contributed by atoms with Crippen LogP contribution in [0.15, 0.2) is 30.6 Å². The molecule has 1 amide bonds. The summed E-state index contributed by atoms with van der Waals surface area (Å²) in [7, 11) is 0. The maximum absolute atomic E-state index is 12.2. The van der Waals surface area contributed by atoms with E-state index in [0.29, 0.717) is 16.6 Å². The SMILES string of the molecule is CCOC(=O)c1cc2c(NC(=O)c3ccncc3)n[nH]c2nc1N.Cl. The number of hydrogen-bond donors (Lipinski definition) is 3. The number of anilines is 2. The first-order valence-electron chi connectivity index (χ1n) is 7.13. The molecule has 0 saturated carbocycles. The summed E-state index contributed by atoms with van der Waals surface area (Å²) in [5, 5.41) is 9.78. The number of carbonyl (C=O) groups excluding carboxylic acids is 2. The molecule has 0 aliphatic rings. The van der Waals surface area contributed by atoms with Gasteiger partial charge in [0.05, 0.1) is 12.0 Å². The third kappa shape index (κ3) is 3.66. The molecule has 4 N–H and O–H groups in total. The fourth-order valence-electron chi connectivity index (χ4n) is 2.11. The molecule has 3 rings (SSSR count). The Morgan fingerprint density at radius 1 is 1.32 bits per heavy atom. The zero-order valence-electron chi connectivity index (χ0n) is 13.1. The van der Waals surface area contributed by atoms with Crippen LogP contribution >= 0.6 is 12.4 Å². The summed E-state index contributed by atoms with van der Waals surface area (Å²) < 4.78 is 4.94. The average molecular weight is 363 g/mol. The number of aromatic nitrogens is 4. The number of hydrogen-bond acceptors (Lipinski definition) is 7. The van der Waals surface area contributed by atoms with Gasteiger partial charge < -0.3 is 15.8 Å². The van der Waals surface area contributed by atoms with Crippen LogP contribution in [-0.2, 0) is 4.74 Å². The van der Waals surface area contributed by atoms with Gasteiger partial charge in [0.2, 0.25) is 0 Å². The predicted molar refractivity (Wildman–Crippen MR) is 93.7 cm³/mol. The lowest BCUT2D eigenvalue weighted by Gasteiger charge is -2.05. The number of carbonyl (C=O) groups is 2. The maximum Gasteiger partial charge on any atom is 0.341 e. The van der Waals surface area contributed by atoms with Gasteiger partial charge in [-0.25, -0.2) is 9.78 Å². The van der Waals surface area contributed by atoms with Crippen LogP contribution in [0.1, 0.15) is 27.6 Å². The zero-order valence-corrected chi connectivity index (χ0v) is 14.0. The summed E-state index contributed by atoms with van der Waals surface area (Å²) in [5.41, 5.74) is 6.66. The van der Waals surface area contributed by atoms with Gasteiger partial charge in [0.15, 0.2) is 11.5 Å². The molecule has 0 aromatic carbocycles. The molecule has 0 aliphatic heterocycles. The molecule has 0 radical (unpaired) electrons. The number of nitrogens with two attached hydrogens (primary N) is 1. The molecule has 0 bridgehead atoms. The largest absolute Gasteiger partial charge is 0.462 e. The molecule has 0 unspecified atom stereocenters. The Labute approximate surface area is 148 Å². The molecule has 3 aromatic heterocycles. The number of ether oxygens (including phenoxy) is 1. The average Bonchev–Trinajstić information content (AvgIpc) is 2.96. The van der Waals surface area contributed by atoms with Crippen molar-refractivity contribution < 1.29 is 14.3 Å². The van der Waals surface area contributed by atoms with Gasteiger partial charge in [0.1, 0.15) is 11.4 Å². The number of rotatable bonds is 4. The Kier molecular flexibility index (Phi) is 5.50. The third-order valence-electron chi connectivity index (χ3n) is 3.25. The zero-order chi connectivity index (χ0) is 17.1. The molecule has 9 nitrogen and oxygen atoms in total. The topological polar surface area (TPSA) is 136 Å². The van der Waals surface area contributed by atoms with E-state index in [4.69, 9.17) is 10.5 Å². The summed E-state index contributed by atoms with van der Waals surface area (Å²) in [6.45, 7) is 1.91. The standard InChI is InChI=1S/C15H14N6O3.ClH/c1-2-24-15(23)9-7-10-12(18-11(9)16)20-21-13(10)19-14(22)8-3-5-17-6-4-8;/h3-7H,2H2,1H3,(H4,16,18,19,20,21,22);1H. The summed E-state index contributed by atoms with van der Waals surface area (Å²) in [4.78, 5) is 32.1. The van der Waals surface area contributed by atoms with Crippen LogP contribution in [0.4, 0.5) is 11.6 Å². The fraction of sp³-hybridized carbons (Fsp3) is 0.133. The van der Waals surface area contributed by atoms with Crippen LogP contribution < -0.4 is 11.1 Å². The minimum atomic E-state index is -0.586. The van der Waals surface area contributed by atoms with Gasteiger partial charge >= 0.3 is 5.97 Å². The number of H-pyrrole nitrogens is 1. The number of nitrogens with zero attached hydrogens (tertiary/aromatic N) is 3. The quantitative estimate of drug-likeness (QED) is 0.602. The Balaban J connectivity index is 0.00000225. The molecule has 0 aliphatic carbocycles. The van der Waals surface area contributed by atoms with Gasteiger partial charge in [-0.2, -0.15) is 5.10 Å². The van der Waals surface area contributed by atoms with E-state index in [1.807, 2.05) is 0 Å². The summed E-state index contributed by atoms with van der Waals surface area (Å²) in [5.74, 6) is -0.682. The Hall–Kier alpha value is -3.20. The minimum absolute atomic E-state index is 0.